The zero-order valence-corrected chi connectivity index (χ0v) is 11.2. The molecule has 96 valence electrons. The largest absolute Gasteiger partial charge is 0.338 e. The van der Waals surface area contributed by atoms with E-state index in [1.54, 1.807) is 0 Å². The minimum absolute atomic E-state index is 0.174. The van der Waals surface area contributed by atoms with Gasteiger partial charge >= 0.3 is 0 Å². The Morgan fingerprint density at radius 1 is 1.22 bits per heavy atom. The van der Waals surface area contributed by atoms with Crippen LogP contribution in [-0.2, 0) is 0 Å². The molecule has 2 aliphatic rings. The Labute approximate surface area is 112 Å². The summed E-state index contributed by atoms with van der Waals surface area (Å²) in [6.07, 6.45) is 2.13. The second-order valence-electron chi connectivity index (χ2n) is 4.93. The van der Waals surface area contributed by atoms with Crippen molar-refractivity contribution < 1.29 is 4.79 Å². The summed E-state index contributed by atoms with van der Waals surface area (Å²) in [4.78, 5) is 14.5. The van der Waals surface area contributed by atoms with Gasteiger partial charge < -0.3 is 10.2 Å². The number of benzene rings is 1. The third-order valence-corrected chi connectivity index (χ3v) is 5.32. The molecule has 0 radical (unpaired) electrons. The van der Waals surface area contributed by atoms with Gasteiger partial charge in [0.1, 0.15) is 0 Å². The van der Waals surface area contributed by atoms with E-state index in [1.165, 1.54) is 5.75 Å². The van der Waals surface area contributed by atoms with Crippen molar-refractivity contribution in [2.75, 3.05) is 25.4 Å². The fourth-order valence-electron chi connectivity index (χ4n) is 2.73. The molecule has 1 aromatic carbocycles. The van der Waals surface area contributed by atoms with Crippen LogP contribution in [0, 0.1) is 0 Å². The van der Waals surface area contributed by atoms with Gasteiger partial charge in [0.2, 0.25) is 0 Å². The summed E-state index contributed by atoms with van der Waals surface area (Å²) in [6.45, 7) is 2.85. The first kappa shape index (κ1) is 12.1. The molecule has 2 aliphatic heterocycles. The minimum Gasteiger partial charge on any atom is -0.338 e. The van der Waals surface area contributed by atoms with Gasteiger partial charge in [-0.2, -0.15) is 0 Å². The zero-order chi connectivity index (χ0) is 12.4. The number of likely N-dealkylation sites (tertiary alicyclic amines) is 1. The Balaban J connectivity index is 1.64. The number of carbonyl (C=O) groups excluding carboxylic acids is 1. The Morgan fingerprint density at radius 2 is 1.94 bits per heavy atom. The van der Waals surface area contributed by atoms with E-state index >= 15 is 0 Å². The van der Waals surface area contributed by atoms with Gasteiger partial charge in [0.15, 0.2) is 0 Å². The van der Waals surface area contributed by atoms with Crippen LogP contribution in [0.5, 0.6) is 0 Å². The third-order valence-electron chi connectivity index (χ3n) is 3.81. The third kappa shape index (κ3) is 2.27. The van der Waals surface area contributed by atoms with Crippen molar-refractivity contribution in [3.05, 3.63) is 35.9 Å². The minimum atomic E-state index is 0.174. The number of piperidine rings is 1. The van der Waals surface area contributed by atoms with E-state index in [2.05, 4.69) is 5.32 Å². The van der Waals surface area contributed by atoms with E-state index in [4.69, 9.17) is 0 Å². The van der Waals surface area contributed by atoms with Gasteiger partial charge in [-0.15, -0.1) is 11.8 Å². The number of carbonyl (C=O) groups is 1. The molecule has 1 N–H and O–H groups in total. The average Bonchev–Trinajstić information content (AvgIpc) is 2.88. The molecule has 0 bridgehead atoms. The maximum absolute atomic E-state index is 12.3. The summed E-state index contributed by atoms with van der Waals surface area (Å²) >= 11 is 2.03. The van der Waals surface area contributed by atoms with Gasteiger partial charge in [0.05, 0.1) is 4.87 Å². The molecule has 2 fully saturated rings. The molecule has 0 saturated carbocycles. The van der Waals surface area contributed by atoms with Crippen molar-refractivity contribution in [1.29, 1.82) is 0 Å². The molecule has 1 spiro atoms. The van der Waals surface area contributed by atoms with Crippen LogP contribution >= 0.6 is 11.8 Å². The molecule has 1 aromatic rings. The zero-order valence-electron chi connectivity index (χ0n) is 10.4. The fourth-order valence-corrected chi connectivity index (χ4v) is 4.00. The second-order valence-corrected chi connectivity index (χ2v) is 6.41. The molecule has 0 aromatic heterocycles. The lowest BCUT2D eigenvalue weighted by atomic mass is 10.0. The first-order valence-corrected chi connectivity index (χ1v) is 7.51. The van der Waals surface area contributed by atoms with Crippen molar-refractivity contribution in [2.24, 2.45) is 0 Å². The predicted octanol–water partition coefficient (Wildman–Crippen LogP) is 1.96. The Bertz CT molecular complexity index is 419. The lowest BCUT2D eigenvalue weighted by molar-refractivity contribution is 0.0697. The lowest BCUT2D eigenvalue weighted by Crippen LogP contribution is -2.49. The van der Waals surface area contributed by atoms with Crippen molar-refractivity contribution in [1.82, 2.24) is 10.2 Å². The Morgan fingerprint density at radius 3 is 2.56 bits per heavy atom. The molecule has 2 saturated heterocycles. The van der Waals surface area contributed by atoms with E-state index < -0.39 is 0 Å². The second kappa shape index (κ2) is 4.94. The molecular formula is C14H18N2OS. The van der Waals surface area contributed by atoms with E-state index in [9.17, 15) is 4.79 Å². The number of hydrogen-bond donors (Lipinski definition) is 1. The maximum atomic E-state index is 12.3. The van der Waals surface area contributed by atoms with Crippen molar-refractivity contribution >= 4 is 17.7 Å². The maximum Gasteiger partial charge on any atom is 0.253 e. The van der Waals surface area contributed by atoms with Crippen molar-refractivity contribution in [3.63, 3.8) is 0 Å². The van der Waals surface area contributed by atoms with Gasteiger partial charge in [-0.3, -0.25) is 4.79 Å². The highest BCUT2D eigenvalue weighted by Gasteiger charge is 2.38. The lowest BCUT2D eigenvalue weighted by Gasteiger charge is -2.38. The number of nitrogens with one attached hydrogen (secondary N) is 1. The first-order chi connectivity index (χ1) is 8.79. The van der Waals surface area contributed by atoms with Crippen LogP contribution in [0.2, 0.25) is 0 Å². The summed E-state index contributed by atoms with van der Waals surface area (Å²) in [5.74, 6) is 1.38. The SMILES string of the molecule is O=C(c1ccccc1)N1CCC2(CC1)NCCS2. The summed E-state index contributed by atoms with van der Waals surface area (Å²) in [6, 6.07) is 9.59. The van der Waals surface area contributed by atoms with Crippen LogP contribution in [0.3, 0.4) is 0 Å². The standard InChI is InChI=1S/C14H18N2OS/c17-13(12-4-2-1-3-5-12)16-9-6-14(7-10-16)15-8-11-18-14/h1-5,15H,6-11H2. The highest BCUT2D eigenvalue weighted by molar-refractivity contribution is 8.00. The highest BCUT2D eigenvalue weighted by atomic mass is 32.2. The fraction of sp³-hybridized carbons (Fsp3) is 0.500. The van der Waals surface area contributed by atoms with E-state index in [-0.39, 0.29) is 10.8 Å². The number of thioether (sulfide) groups is 1. The number of rotatable bonds is 1. The first-order valence-electron chi connectivity index (χ1n) is 6.52. The van der Waals surface area contributed by atoms with Gasteiger partial charge in [-0.25, -0.2) is 0 Å². The summed E-state index contributed by atoms with van der Waals surface area (Å²) in [7, 11) is 0. The Hall–Kier alpha value is -1.00. The van der Waals surface area contributed by atoms with E-state index in [0.29, 0.717) is 0 Å². The quantitative estimate of drug-likeness (QED) is 0.839. The van der Waals surface area contributed by atoms with Crippen LogP contribution in [0.15, 0.2) is 30.3 Å². The van der Waals surface area contributed by atoms with Gasteiger partial charge in [-0.1, -0.05) is 18.2 Å². The summed E-state index contributed by atoms with van der Waals surface area (Å²) < 4.78 is 0. The topological polar surface area (TPSA) is 32.3 Å². The van der Waals surface area contributed by atoms with Crippen molar-refractivity contribution in [2.45, 2.75) is 17.7 Å². The molecule has 0 atom stereocenters. The molecule has 2 heterocycles. The molecule has 18 heavy (non-hydrogen) atoms. The van der Waals surface area contributed by atoms with Crippen LogP contribution in [0.4, 0.5) is 0 Å². The van der Waals surface area contributed by atoms with Crippen LogP contribution in [0.25, 0.3) is 0 Å². The summed E-state index contributed by atoms with van der Waals surface area (Å²) in [5.41, 5.74) is 0.806. The molecule has 4 heteroatoms. The molecule has 3 nitrogen and oxygen atoms in total. The smallest absolute Gasteiger partial charge is 0.253 e. The van der Waals surface area contributed by atoms with E-state index in [0.717, 1.165) is 38.0 Å². The van der Waals surface area contributed by atoms with Crippen molar-refractivity contribution in [3.8, 4) is 0 Å². The van der Waals surface area contributed by atoms with E-state index in [1.807, 2.05) is 47.0 Å². The number of amides is 1. The normalized spacial score (nSPS) is 22.3. The molecule has 3 rings (SSSR count). The molecule has 0 aliphatic carbocycles. The van der Waals surface area contributed by atoms with Crippen LogP contribution in [0.1, 0.15) is 23.2 Å². The van der Waals surface area contributed by atoms with Gasteiger partial charge in [0, 0.05) is 31.0 Å². The molecule has 0 unspecified atom stereocenters. The van der Waals surface area contributed by atoms with Gasteiger partial charge in [-0.05, 0) is 25.0 Å². The summed E-state index contributed by atoms with van der Waals surface area (Å²) in [5, 5.41) is 3.60. The van der Waals surface area contributed by atoms with Crippen LogP contribution < -0.4 is 5.32 Å². The van der Waals surface area contributed by atoms with Crippen LogP contribution in [-0.4, -0.2) is 41.1 Å². The number of hydrogen-bond acceptors (Lipinski definition) is 3. The predicted molar refractivity (Wildman–Crippen MR) is 74.8 cm³/mol. The monoisotopic (exact) mass is 262 g/mol. The average molecular weight is 262 g/mol. The molecular weight excluding hydrogens is 244 g/mol. The van der Waals surface area contributed by atoms with Gasteiger partial charge in [0.25, 0.3) is 5.91 Å². The number of nitrogens with zero attached hydrogens (tertiary/aromatic N) is 1. The Kier molecular flexibility index (Phi) is 3.31. The molecule has 1 amide bonds. The highest BCUT2D eigenvalue weighted by Crippen LogP contribution is 2.37.